The number of thioether (sulfide) groups is 1. The second-order valence-corrected chi connectivity index (χ2v) is 8.06. The van der Waals surface area contributed by atoms with Gasteiger partial charge in [-0.15, -0.1) is 11.8 Å². The maximum Gasteiger partial charge on any atom is 0.108 e. The molecule has 5 heteroatoms. The summed E-state index contributed by atoms with van der Waals surface area (Å²) in [7, 11) is 0. The predicted octanol–water partition coefficient (Wildman–Crippen LogP) is 0.762. The average molecular weight is 290 g/mol. The predicted molar refractivity (Wildman–Crippen MR) is 76.0 cm³/mol. The summed E-state index contributed by atoms with van der Waals surface area (Å²) in [6.07, 6.45) is 1.43. The van der Waals surface area contributed by atoms with Gasteiger partial charge in [0.2, 0.25) is 0 Å². The number of hydrogen-bond donors (Lipinski definition) is 4. The summed E-state index contributed by atoms with van der Waals surface area (Å²) in [6.45, 7) is 4.27. The highest BCUT2D eigenvalue weighted by molar-refractivity contribution is 8.00. The molecular weight excluding hydrogens is 264 g/mol. The summed E-state index contributed by atoms with van der Waals surface area (Å²) in [5, 5.41) is 39.0. The first-order valence-electron chi connectivity index (χ1n) is 7.19. The van der Waals surface area contributed by atoms with Crippen LogP contribution in [0.25, 0.3) is 0 Å². The van der Waals surface area contributed by atoms with E-state index in [-0.39, 0.29) is 17.3 Å². The minimum Gasteiger partial charge on any atom is -0.395 e. The van der Waals surface area contributed by atoms with E-state index in [0.29, 0.717) is 5.92 Å². The SMILES string of the molecule is CC1(C)CCCCC1[C@H]1S[C@@H](CO)[C@H](O)[C@H](O)[C@H]1O. The van der Waals surface area contributed by atoms with E-state index < -0.39 is 23.6 Å². The van der Waals surface area contributed by atoms with E-state index in [1.165, 1.54) is 18.2 Å². The Hall–Kier alpha value is 0.190. The van der Waals surface area contributed by atoms with Crippen molar-refractivity contribution in [3.05, 3.63) is 0 Å². The molecule has 1 aliphatic heterocycles. The molecule has 4 N–H and O–H groups in total. The molecule has 0 bridgehead atoms. The highest BCUT2D eigenvalue weighted by atomic mass is 32.2. The fraction of sp³-hybridized carbons (Fsp3) is 1.00. The molecule has 0 aromatic rings. The van der Waals surface area contributed by atoms with E-state index in [1.54, 1.807) is 0 Å². The van der Waals surface area contributed by atoms with Gasteiger partial charge in [0, 0.05) is 5.25 Å². The van der Waals surface area contributed by atoms with E-state index in [9.17, 15) is 20.4 Å². The van der Waals surface area contributed by atoms with Crippen LogP contribution in [-0.4, -0.2) is 55.8 Å². The molecule has 1 saturated heterocycles. The molecule has 2 aliphatic rings. The van der Waals surface area contributed by atoms with Crippen molar-refractivity contribution < 1.29 is 20.4 Å². The Bertz CT molecular complexity index is 308. The van der Waals surface area contributed by atoms with Gasteiger partial charge in [0.05, 0.1) is 24.1 Å². The summed E-state index contributed by atoms with van der Waals surface area (Å²) in [5.74, 6) is 0.317. The maximum atomic E-state index is 10.3. The highest BCUT2D eigenvalue weighted by Gasteiger charge is 2.49. The Balaban J connectivity index is 2.17. The van der Waals surface area contributed by atoms with Crippen molar-refractivity contribution in [1.29, 1.82) is 0 Å². The molecule has 1 unspecified atom stereocenters. The highest BCUT2D eigenvalue weighted by Crippen LogP contribution is 2.49. The molecule has 0 aromatic carbocycles. The van der Waals surface area contributed by atoms with Crippen LogP contribution < -0.4 is 0 Å². The van der Waals surface area contributed by atoms with Gasteiger partial charge in [-0.2, -0.15) is 0 Å². The molecular formula is C14H26O4S. The Kier molecular flexibility index (Phi) is 4.83. The zero-order valence-electron chi connectivity index (χ0n) is 11.7. The van der Waals surface area contributed by atoms with Gasteiger partial charge in [-0.1, -0.05) is 26.7 Å². The molecule has 4 nitrogen and oxygen atoms in total. The van der Waals surface area contributed by atoms with Gasteiger partial charge in [0.25, 0.3) is 0 Å². The van der Waals surface area contributed by atoms with Crippen molar-refractivity contribution in [2.45, 2.75) is 68.3 Å². The third kappa shape index (κ3) is 2.95. The number of aliphatic hydroxyl groups excluding tert-OH is 4. The van der Waals surface area contributed by atoms with Gasteiger partial charge in [-0.3, -0.25) is 0 Å². The zero-order chi connectivity index (χ0) is 14.2. The minimum absolute atomic E-state index is 0.106. The van der Waals surface area contributed by atoms with Gasteiger partial charge < -0.3 is 20.4 Å². The monoisotopic (exact) mass is 290 g/mol. The largest absolute Gasteiger partial charge is 0.395 e. The van der Waals surface area contributed by atoms with Crippen LogP contribution in [0.2, 0.25) is 0 Å². The molecule has 2 fully saturated rings. The van der Waals surface area contributed by atoms with Crippen LogP contribution in [0.4, 0.5) is 0 Å². The second-order valence-electron chi connectivity index (χ2n) is 6.63. The topological polar surface area (TPSA) is 80.9 Å². The van der Waals surface area contributed by atoms with E-state index in [1.807, 2.05) is 0 Å². The Morgan fingerprint density at radius 2 is 1.74 bits per heavy atom. The van der Waals surface area contributed by atoms with Crippen LogP contribution in [0.3, 0.4) is 0 Å². The van der Waals surface area contributed by atoms with Crippen molar-refractivity contribution in [1.82, 2.24) is 0 Å². The lowest BCUT2D eigenvalue weighted by atomic mass is 9.66. The molecule has 112 valence electrons. The van der Waals surface area contributed by atoms with Crippen LogP contribution in [0, 0.1) is 11.3 Å². The van der Waals surface area contributed by atoms with E-state index >= 15 is 0 Å². The third-order valence-corrected chi connectivity index (χ3v) is 6.61. The van der Waals surface area contributed by atoms with E-state index in [4.69, 9.17) is 0 Å². The lowest BCUT2D eigenvalue weighted by Gasteiger charge is -2.49. The Morgan fingerprint density at radius 3 is 2.32 bits per heavy atom. The van der Waals surface area contributed by atoms with Crippen molar-refractivity contribution in [2.75, 3.05) is 6.61 Å². The first-order valence-corrected chi connectivity index (χ1v) is 8.13. The third-order valence-electron chi connectivity index (χ3n) is 4.92. The van der Waals surface area contributed by atoms with Crippen LogP contribution in [0.5, 0.6) is 0 Å². The molecule has 0 radical (unpaired) electrons. The number of aliphatic hydroxyl groups is 4. The van der Waals surface area contributed by atoms with Gasteiger partial charge in [0.15, 0.2) is 0 Å². The first kappa shape index (κ1) is 15.6. The quantitative estimate of drug-likeness (QED) is 0.604. The van der Waals surface area contributed by atoms with Crippen molar-refractivity contribution in [3.63, 3.8) is 0 Å². The molecule has 0 aromatic heterocycles. The van der Waals surface area contributed by atoms with Crippen molar-refractivity contribution in [3.8, 4) is 0 Å². The van der Waals surface area contributed by atoms with Gasteiger partial charge in [-0.05, 0) is 24.2 Å². The lowest BCUT2D eigenvalue weighted by Crippen LogP contribution is -2.57. The fourth-order valence-corrected chi connectivity index (χ4v) is 5.42. The summed E-state index contributed by atoms with van der Waals surface area (Å²) < 4.78 is 0. The molecule has 2 rings (SSSR count). The Labute approximate surface area is 119 Å². The molecule has 0 amide bonds. The normalized spacial score (nSPS) is 47.1. The van der Waals surface area contributed by atoms with Gasteiger partial charge in [0.1, 0.15) is 6.10 Å². The molecule has 19 heavy (non-hydrogen) atoms. The zero-order valence-corrected chi connectivity index (χ0v) is 12.5. The molecule has 1 saturated carbocycles. The van der Waals surface area contributed by atoms with Gasteiger partial charge in [-0.25, -0.2) is 0 Å². The van der Waals surface area contributed by atoms with Crippen molar-refractivity contribution >= 4 is 11.8 Å². The van der Waals surface area contributed by atoms with Crippen LogP contribution >= 0.6 is 11.8 Å². The standard InChI is InChI=1S/C14H26O4S/c1-14(2)6-4-3-5-8(14)13-12(18)11(17)10(16)9(7-15)19-13/h8-13,15-18H,3-7H2,1-2H3/t8?,9-,10-,11-,12+,13+/m0/s1. The van der Waals surface area contributed by atoms with E-state index in [2.05, 4.69) is 13.8 Å². The second kappa shape index (κ2) is 5.90. The van der Waals surface area contributed by atoms with E-state index in [0.717, 1.165) is 19.3 Å². The first-order chi connectivity index (χ1) is 8.88. The summed E-state index contributed by atoms with van der Waals surface area (Å²) in [5.41, 5.74) is 0.138. The maximum absolute atomic E-state index is 10.3. The van der Waals surface area contributed by atoms with Crippen LogP contribution in [-0.2, 0) is 0 Å². The molecule has 1 heterocycles. The average Bonchev–Trinajstić information content (AvgIpc) is 2.37. The Morgan fingerprint density at radius 1 is 1.05 bits per heavy atom. The summed E-state index contributed by atoms with van der Waals surface area (Å²) in [6, 6.07) is 0. The smallest absolute Gasteiger partial charge is 0.108 e. The fourth-order valence-electron chi connectivity index (χ4n) is 3.59. The number of rotatable bonds is 2. The van der Waals surface area contributed by atoms with Crippen LogP contribution in [0.15, 0.2) is 0 Å². The summed E-state index contributed by atoms with van der Waals surface area (Å²) >= 11 is 1.45. The number of hydrogen-bond acceptors (Lipinski definition) is 5. The summed E-state index contributed by atoms with van der Waals surface area (Å²) in [4.78, 5) is 0. The molecule has 6 atom stereocenters. The van der Waals surface area contributed by atoms with Crippen molar-refractivity contribution in [2.24, 2.45) is 11.3 Å². The lowest BCUT2D eigenvalue weighted by molar-refractivity contribution is -0.0826. The van der Waals surface area contributed by atoms with Gasteiger partial charge >= 0.3 is 0 Å². The van der Waals surface area contributed by atoms with Crippen LogP contribution in [0.1, 0.15) is 39.5 Å². The molecule has 0 spiro atoms. The molecule has 1 aliphatic carbocycles. The minimum atomic E-state index is -1.15.